The molecule has 0 spiro atoms. The normalized spacial score (nSPS) is 18.7. The highest BCUT2D eigenvalue weighted by molar-refractivity contribution is 7.89. The number of amides is 1. The topological polar surface area (TPSA) is 118 Å². The van der Waals surface area contributed by atoms with E-state index in [0.29, 0.717) is 55.7 Å². The number of benzene rings is 2. The molecule has 3 N–H and O–H groups in total. The minimum atomic E-state index is -3.68. The fourth-order valence-electron chi connectivity index (χ4n) is 4.00. The zero-order valence-corrected chi connectivity index (χ0v) is 20.6. The van der Waals surface area contributed by atoms with Gasteiger partial charge in [-0.05, 0) is 55.3 Å². The van der Waals surface area contributed by atoms with Crippen LogP contribution in [0.3, 0.4) is 0 Å². The van der Waals surface area contributed by atoms with Crippen LogP contribution in [0.4, 0.5) is 17.1 Å². The van der Waals surface area contributed by atoms with Crippen LogP contribution in [-0.2, 0) is 24.3 Å². The second kappa shape index (κ2) is 11.7. The van der Waals surface area contributed by atoms with Gasteiger partial charge in [-0.1, -0.05) is 0 Å². The molecule has 35 heavy (non-hydrogen) atoms. The SMILES string of the molecule is COc1ccc(NC(=O)CNc2cc(S(=O)(=O)N3CCOCC3)ccc2NCC2CCCO2)cc1. The van der Waals surface area contributed by atoms with Crippen molar-refractivity contribution in [3.63, 3.8) is 0 Å². The van der Waals surface area contributed by atoms with Gasteiger partial charge in [0, 0.05) is 31.9 Å². The van der Waals surface area contributed by atoms with Crippen molar-refractivity contribution in [1.29, 1.82) is 0 Å². The first kappa shape index (κ1) is 25.2. The van der Waals surface area contributed by atoms with Gasteiger partial charge in [-0.15, -0.1) is 0 Å². The maximum absolute atomic E-state index is 13.2. The van der Waals surface area contributed by atoms with Crippen molar-refractivity contribution in [2.75, 3.05) is 69.1 Å². The summed E-state index contributed by atoms with van der Waals surface area (Å²) < 4.78 is 43.9. The third-order valence-corrected chi connectivity index (χ3v) is 7.85. The van der Waals surface area contributed by atoms with Crippen molar-refractivity contribution in [3.05, 3.63) is 42.5 Å². The first-order valence-corrected chi connectivity index (χ1v) is 13.1. The van der Waals surface area contributed by atoms with Gasteiger partial charge in [-0.2, -0.15) is 4.31 Å². The average Bonchev–Trinajstić information content (AvgIpc) is 3.41. The van der Waals surface area contributed by atoms with Gasteiger partial charge in [-0.25, -0.2) is 8.42 Å². The predicted octanol–water partition coefficient (Wildman–Crippen LogP) is 2.36. The molecule has 0 aromatic heterocycles. The highest BCUT2D eigenvalue weighted by atomic mass is 32.2. The van der Waals surface area contributed by atoms with Gasteiger partial charge in [0.15, 0.2) is 0 Å². The summed E-state index contributed by atoms with van der Waals surface area (Å²) in [5.74, 6) is 0.433. The van der Waals surface area contributed by atoms with Gasteiger partial charge in [0.2, 0.25) is 15.9 Å². The number of anilines is 3. The first-order chi connectivity index (χ1) is 17.0. The van der Waals surface area contributed by atoms with E-state index in [-0.39, 0.29) is 23.5 Å². The van der Waals surface area contributed by atoms with E-state index < -0.39 is 10.0 Å². The number of nitrogens with zero attached hydrogens (tertiary/aromatic N) is 1. The van der Waals surface area contributed by atoms with Gasteiger partial charge in [0.25, 0.3) is 0 Å². The summed E-state index contributed by atoms with van der Waals surface area (Å²) in [6.07, 6.45) is 2.11. The van der Waals surface area contributed by atoms with Crippen LogP contribution in [-0.4, -0.2) is 77.8 Å². The maximum Gasteiger partial charge on any atom is 0.243 e. The summed E-state index contributed by atoms with van der Waals surface area (Å²) in [5, 5.41) is 9.26. The monoisotopic (exact) mass is 504 g/mol. The number of sulfonamides is 1. The summed E-state index contributed by atoms with van der Waals surface area (Å²) in [6, 6.07) is 11.9. The first-order valence-electron chi connectivity index (χ1n) is 11.7. The molecule has 0 radical (unpaired) electrons. The Morgan fingerprint density at radius 3 is 2.51 bits per heavy atom. The lowest BCUT2D eigenvalue weighted by molar-refractivity contribution is -0.114. The molecular formula is C24H32N4O6S. The molecule has 1 unspecified atom stereocenters. The van der Waals surface area contributed by atoms with Crippen LogP contribution in [0.25, 0.3) is 0 Å². The van der Waals surface area contributed by atoms with Crippen molar-refractivity contribution in [1.82, 2.24) is 4.31 Å². The van der Waals surface area contributed by atoms with E-state index in [1.807, 2.05) is 0 Å². The lowest BCUT2D eigenvalue weighted by Gasteiger charge is -2.26. The van der Waals surface area contributed by atoms with Crippen LogP contribution in [0.2, 0.25) is 0 Å². The molecule has 2 aromatic rings. The molecule has 2 aromatic carbocycles. The van der Waals surface area contributed by atoms with Crippen molar-refractivity contribution in [2.45, 2.75) is 23.8 Å². The molecule has 1 amide bonds. The van der Waals surface area contributed by atoms with E-state index in [2.05, 4.69) is 16.0 Å². The largest absolute Gasteiger partial charge is 0.497 e. The number of nitrogens with one attached hydrogen (secondary N) is 3. The molecular weight excluding hydrogens is 472 g/mol. The fraction of sp³-hybridized carbons (Fsp3) is 0.458. The van der Waals surface area contributed by atoms with Crippen LogP contribution in [0.5, 0.6) is 5.75 Å². The Bertz CT molecular complexity index is 1100. The number of hydrogen-bond donors (Lipinski definition) is 3. The fourth-order valence-corrected chi connectivity index (χ4v) is 5.44. The number of methoxy groups -OCH3 is 1. The van der Waals surface area contributed by atoms with Gasteiger partial charge < -0.3 is 30.2 Å². The van der Waals surface area contributed by atoms with Gasteiger partial charge in [-0.3, -0.25) is 4.79 Å². The molecule has 0 bridgehead atoms. The lowest BCUT2D eigenvalue weighted by atomic mass is 10.2. The Morgan fingerprint density at radius 1 is 1.06 bits per heavy atom. The van der Waals surface area contributed by atoms with Gasteiger partial charge >= 0.3 is 0 Å². The van der Waals surface area contributed by atoms with Crippen molar-refractivity contribution >= 4 is 33.0 Å². The Hall–Kier alpha value is -2.86. The Kier molecular flexibility index (Phi) is 8.45. The van der Waals surface area contributed by atoms with Gasteiger partial charge in [0.05, 0.1) is 49.2 Å². The molecule has 10 nitrogen and oxygen atoms in total. The molecule has 2 heterocycles. The molecule has 11 heteroatoms. The number of ether oxygens (including phenoxy) is 3. The molecule has 2 aliphatic rings. The summed E-state index contributed by atoms with van der Waals surface area (Å²) in [6.45, 7) is 2.68. The molecule has 0 saturated carbocycles. The molecule has 1 atom stereocenters. The average molecular weight is 505 g/mol. The number of rotatable bonds is 10. The third-order valence-electron chi connectivity index (χ3n) is 5.96. The van der Waals surface area contributed by atoms with E-state index in [1.165, 1.54) is 4.31 Å². The van der Waals surface area contributed by atoms with E-state index in [1.54, 1.807) is 49.6 Å². The highest BCUT2D eigenvalue weighted by Gasteiger charge is 2.27. The predicted molar refractivity (Wildman–Crippen MR) is 134 cm³/mol. The van der Waals surface area contributed by atoms with Gasteiger partial charge in [0.1, 0.15) is 5.75 Å². The van der Waals surface area contributed by atoms with E-state index >= 15 is 0 Å². The number of hydrogen-bond acceptors (Lipinski definition) is 8. The highest BCUT2D eigenvalue weighted by Crippen LogP contribution is 2.28. The minimum Gasteiger partial charge on any atom is -0.497 e. The Balaban J connectivity index is 1.47. The van der Waals surface area contributed by atoms with Crippen molar-refractivity contribution in [2.24, 2.45) is 0 Å². The van der Waals surface area contributed by atoms with Crippen LogP contribution in [0.1, 0.15) is 12.8 Å². The van der Waals surface area contributed by atoms with E-state index in [0.717, 1.165) is 19.4 Å². The Morgan fingerprint density at radius 2 is 1.83 bits per heavy atom. The summed E-state index contributed by atoms with van der Waals surface area (Å²) >= 11 is 0. The molecule has 2 aliphatic heterocycles. The van der Waals surface area contributed by atoms with Crippen LogP contribution in [0, 0.1) is 0 Å². The zero-order valence-electron chi connectivity index (χ0n) is 19.8. The standard InChI is InChI=1S/C24H32N4O6S/c1-32-19-6-4-18(5-7-19)27-24(29)17-26-23-15-21(35(30,31)28-10-13-33-14-11-28)8-9-22(23)25-16-20-3-2-12-34-20/h4-9,15,20,25-26H,2-3,10-14,16-17H2,1H3,(H,27,29). The number of carbonyl (C=O) groups is 1. The third kappa shape index (κ3) is 6.63. The Labute approximate surface area is 206 Å². The molecule has 4 rings (SSSR count). The number of morpholine rings is 1. The lowest BCUT2D eigenvalue weighted by Crippen LogP contribution is -2.40. The summed E-state index contributed by atoms with van der Waals surface area (Å²) in [7, 11) is -2.10. The molecule has 2 saturated heterocycles. The molecule has 190 valence electrons. The maximum atomic E-state index is 13.2. The quantitative estimate of drug-likeness (QED) is 0.451. The van der Waals surface area contributed by atoms with E-state index in [9.17, 15) is 13.2 Å². The molecule has 2 fully saturated rings. The van der Waals surface area contributed by atoms with Crippen LogP contribution >= 0.6 is 0 Å². The minimum absolute atomic E-state index is 0.0400. The zero-order chi connectivity index (χ0) is 24.7. The second-order valence-electron chi connectivity index (χ2n) is 8.37. The van der Waals surface area contributed by atoms with Crippen molar-refractivity contribution < 1.29 is 27.4 Å². The summed E-state index contributed by atoms with van der Waals surface area (Å²) in [4.78, 5) is 12.7. The van der Waals surface area contributed by atoms with Crippen LogP contribution < -0.4 is 20.7 Å². The molecule has 0 aliphatic carbocycles. The van der Waals surface area contributed by atoms with Crippen LogP contribution in [0.15, 0.2) is 47.4 Å². The number of carbonyl (C=O) groups excluding carboxylic acids is 1. The second-order valence-corrected chi connectivity index (χ2v) is 10.3. The smallest absolute Gasteiger partial charge is 0.243 e. The van der Waals surface area contributed by atoms with E-state index in [4.69, 9.17) is 14.2 Å². The summed E-state index contributed by atoms with van der Waals surface area (Å²) in [5.41, 5.74) is 1.87. The van der Waals surface area contributed by atoms with Crippen molar-refractivity contribution in [3.8, 4) is 5.75 Å².